The van der Waals surface area contributed by atoms with Crippen molar-refractivity contribution >= 4 is 44.2 Å². The number of hydrogen-bond donors (Lipinski definition) is 3. The quantitative estimate of drug-likeness (QED) is 0.383. The second-order valence-electron chi connectivity index (χ2n) is 10.1. The van der Waals surface area contributed by atoms with E-state index in [-0.39, 0.29) is 10.5 Å². The van der Waals surface area contributed by atoms with Crippen molar-refractivity contribution < 1.29 is 22.8 Å². The Bertz CT molecular complexity index is 1580. The fourth-order valence-corrected chi connectivity index (χ4v) is 8.00. The minimum absolute atomic E-state index is 0.113. The lowest BCUT2D eigenvalue weighted by molar-refractivity contribution is 0.0964. The van der Waals surface area contributed by atoms with Crippen molar-refractivity contribution in [3.63, 3.8) is 0 Å². The summed E-state index contributed by atoms with van der Waals surface area (Å²) in [6, 6.07) is 13.0. The maximum absolute atomic E-state index is 13.3. The molecule has 12 heteroatoms. The number of carbonyl (C=O) groups is 3. The lowest BCUT2D eigenvalue weighted by Crippen LogP contribution is -2.38. The Hall–Kier alpha value is -3.58. The van der Waals surface area contributed by atoms with Gasteiger partial charge in [-0.15, -0.1) is 11.3 Å². The molecular formula is C29H33N5O5S2. The summed E-state index contributed by atoms with van der Waals surface area (Å²) in [7, 11) is -2.32. The fourth-order valence-electron chi connectivity index (χ4n) is 5.30. The van der Waals surface area contributed by atoms with Gasteiger partial charge in [0.25, 0.3) is 11.8 Å². The SMILES string of the molecule is CCCN1CCc2c(sc(NC(=O)c3ccc(S(=O)(=O)N4CCc5ccccc5C4)cc3)c2C(=O)NC(=O)NC)C1. The van der Waals surface area contributed by atoms with E-state index in [0.717, 1.165) is 41.1 Å². The Labute approximate surface area is 243 Å². The molecule has 0 bridgehead atoms. The van der Waals surface area contributed by atoms with Gasteiger partial charge in [0.15, 0.2) is 0 Å². The maximum Gasteiger partial charge on any atom is 0.321 e. The van der Waals surface area contributed by atoms with Crippen LogP contribution >= 0.6 is 11.3 Å². The number of nitrogens with one attached hydrogen (secondary N) is 3. The molecule has 0 aliphatic carbocycles. The second kappa shape index (κ2) is 12.1. The largest absolute Gasteiger partial charge is 0.341 e. The average Bonchev–Trinajstić information content (AvgIpc) is 3.34. The van der Waals surface area contributed by atoms with Gasteiger partial charge in [-0.3, -0.25) is 19.8 Å². The molecule has 0 saturated heterocycles. The zero-order valence-corrected chi connectivity index (χ0v) is 24.7. The number of rotatable bonds is 7. The van der Waals surface area contributed by atoms with E-state index in [1.165, 1.54) is 47.0 Å². The summed E-state index contributed by atoms with van der Waals surface area (Å²) in [5.41, 5.74) is 3.53. The molecule has 3 aromatic rings. The fraction of sp³-hybridized carbons (Fsp3) is 0.345. The highest BCUT2D eigenvalue weighted by molar-refractivity contribution is 7.89. The van der Waals surface area contributed by atoms with Crippen LogP contribution in [0.4, 0.5) is 9.80 Å². The van der Waals surface area contributed by atoms with Gasteiger partial charge in [-0.05, 0) is 66.8 Å². The van der Waals surface area contributed by atoms with Crippen LogP contribution in [0.3, 0.4) is 0 Å². The van der Waals surface area contributed by atoms with Gasteiger partial charge in [0.05, 0.1) is 10.5 Å². The van der Waals surface area contributed by atoms with Crippen LogP contribution in [0.1, 0.15) is 55.6 Å². The van der Waals surface area contributed by atoms with Crippen molar-refractivity contribution in [1.82, 2.24) is 19.8 Å². The van der Waals surface area contributed by atoms with Crippen LogP contribution in [-0.2, 0) is 36.0 Å². The van der Waals surface area contributed by atoms with Crippen molar-refractivity contribution in [2.75, 3.05) is 32.0 Å². The molecule has 2 aliphatic heterocycles. The van der Waals surface area contributed by atoms with E-state index < -0.39 is 27.9 Å². The highest BCUT2D eigenvalue weighted by Gasteiger charge is 2.31. The first-order valence-corrected chi connectivity index (χ1v) is 15.8. The number of thiophene rings is 1. The van der Waals surface area contributed by atoms with Gasteiger partial charge in [0.2, 0.25) is 10.0 Å². The number of anilines is 1. The standard InChI is InChI=1S/C29H33N5O5S2/c1-3-14-33-15-13-23-24(18-33)40-28(25(23)27(36)32-29(37)30-2)31-26(35)20-8-10-22(11-9-20)41(38,39)34-16-12-19-6-4-5-7-21(19)17-34/h4-11H,3,12-18H2,1-2H3,(H,31,35)(H2,30,32,36,37). The summed E-state index contributed by atoms with van der Waals surface area (Å²) in [4.78, 5) is 41.6. The van der Waals surface area contributed by atoms with Gasteiger partial charge in [0, 0.05) is 43.7 Å². The molecule has 0 atom stereocenters. The van der Waals surface area contributed by atoms with Gasteiger partial charge < -0.3 is 10.6 Å². The first-order valence-electron chi connectivity index (χ1n) is 13.6. The number of nitrogens with zero attached hydrogens (tertiary/aromatic N) is 2. The predicted octanol–water partition coefficient (Wildman–Crippen LogP) is 3.58. The molecular weight excluding hydrogens is 562 g/mol. The summed E-state index contributed by atoms with van der Waals surface area (Å²) in [6.07, 6.45) is 2.28. The van der Waals surface area contributed by atoms with Gasteiger partial charge in [-0.25, -0.2) is 13.2 Å². The average molecular weight is 596 g/mol. The Morgan fingerprint density at radius 2 is 1.66 bits per heavy atom. The Morgan fingerprint density at radius 3 is 2.37 bits per heavy atom. The Morgan fingerprint density at radius 1 is 0.927 bits per heavy atom. The molecule has 1 aromatic heterocycles. The molecule has 3 N–H and O–H groups in total. The number of amides is 4. The van der Waals surface area contributed by atoms with E-state index >= 15 is 0 Å². The number of imide groups is 1. The lowest BCUT2D eigenvalue weighted by Gasteiger charge is -2.28. The molecule has 41 heavy (non-hydrogen) atoms. The zero-order valence-electron chi connectivity index (χ0n) is 23.0. The molecule has 0 unspecified atom stereocenters. The number of urea groups is 1. The summed E-state index contributed by atoms with van der Waals surface area (Å²) in [6.45, 7) is 5.18. The molecule has 216 valence electrons. The van der Waals surface area contributed by atoms with Crippen LogP contribution in [0.25, 0.3) is 0 Å². The zero-order chi connectivity index (χ0) is 29.1. The second-order valence-corrected chi connectivity index (χ2v) is 13.1. The molecule has 5 rings (SSSR count). The van der Waals surface area contributed by atoms with E-state index in [4.69, 9.17) is 0 Å². The van der Waals surface area contributed by atoms with Crippen molar-refractivity contribution in [2.45, 2.75) is 44.2 Å². The smallest absolute Gasteiger partial charge is 0.321 e. The maximum atomic E-state index is 13.3. The third kappa shape index (κ3) is 6.05. The number of hydrogen-bond acceptors (Lipinski definition) is 7. The van der Waals surface area contributed by atoms with Crippen LogP contribution in [0.2, 0.25) is 0 Å². The van der Waals surface area contributed by atoms with E-state index in [1.807, 2.05) is 24.3 Å². The molecule has 2 aliphatic rings. The van der Waals surface area contributed by atoms with Crippen molar-refractivity contribution in [2.24, 2.45) is 0 Å². The van der Waals surface area contributed by atoms with Crippen molar-refractivity contribution in [3.05, 3.63) is 81.2 Å². The van der Waals surface area contributed by atoms with Crippen molar-refractivity contribution in [1.29, 1.82) is 0 Å². The van der Waals surface area contributed by atoms with Crippen molar-refractivity contribution in [3.8, 4) is 0 Å². The van der Waals surface area contributed by atoms with Gasteiger partial charge in [0.1, 0.15) is 5.00 Å². The first kappa shape index (κ1) is 28.9. The molecule has 0 spiro atoms. The molecule has 0 fully saturated rings. The Kier molecular flexibility index (Phi) is 8.55. The molecule has 3 heterocycles. The van der Waals surface area contributed by atoms with E-state index in [9.17, 15) is 22.8 Å². The molecule has 4 amide bonds. The summed E-state index contributed by atoms with van der Waals surface area (Å²) in [5, 5.41) is 7.90. The molecule has 0 saturated carbocycles. The molecule has 0 radical (unpaired) electrons. The molecule has 10 nitrogen and oxygen atoms in total. The summed E-state index contributed by atoms with van der Waals surface area (Å²) >= 11 is 1.33. The highest BCUT2D eigenvalue weighted by Crippen LogP contribution is 2.37. The lowest BCUT2D eigenvalue weighted by atomic mass is 10.0. The highest BCUT2D eigenvalue weighted by atomic mass is 32.2. The number of fused-ring (bicyclic) bond motifs is 2. The monoisotopic (exact) mass is 595 g/mol. The van der Waals surface area contributed by atoms with E-state index in [1.54, 1.807) is 0 Å². The predicted molar refractivity (Wildman–Crippen MR) is 158 cm³/mol. The normalized spacial score (nSPS) is 15.5. The van der Waals surface area contributed by atoms with Crippen LogP contribution in [0.5, 0.6) is 0 Å². The van der Waals surface area contributed by atoms with Crippen LogP contribution in [0.15, 0.2) is 53.4 Å². The topological polar surface area (TPSA) is 128 Å². The number of benzene rings is 2. The summed E-state index contributed by atoms with van der Waals surface area (Å²) < 4.78 is 28.1. The van der Waals surface area contributed by atoms with Crippen LogP contribution < -0.4 is 16.0 Å². The van der Waals surface area contributed by atoms with E-state index in [2.05, 4.69) is 27.8 Å². The number of carbonyl (C=O) groups excluding carboxylic acids is 3. The third-order valence-corrected chi connectivity index (χ3v) is 10.4. The van der Waals surface area contributed by atoms with Crippen LogP contribution in [-0.4, -0.2) is 62.2 Å². The minimum Gasteiger partial charge on any atom is -0.341 e. The van der Waals surface area contributed by atoms with E-state index in [0.29, 0.717) is 43.0 Å². The van der Waals surface area contributed by atoms with Gasteiger partial charge >= 0.3 is 6.03 Å². The first-order chi connectivity index (χ1) is 19.7. The van der Waals surface area contributed by atoms with Crippen LogP contribution in [0, 0.1) is 0 Å². The van der Waals surface area contributed by atoms with Gasteiger partial charge in [-0.2, -0.15) is 4.31 Å². The van der Waals surface area contributed by atoms with Gasteiger partial charge in [-0.1, -0.05) is 31.2 Å². The Balaban J connectivity index is 1.35. The number of sulfonamides is 1. The summed E-state index contributed by atoms with van der Waals surface area (Å²) in [5.74, 6) is -1.05. The third-order valence-electron chi connectivity index (χ3n) is 7.43. The molecule has 2 aromatic carbocycles. The minimum atomic E-state index is -3.74.